The molecule has 0 atom stereocenters. The minimum absolute atomic E-state index is 0.0432. The molecule has 4 heteroatoms. The second kappa shape index (κ2) is 5.38. The molecule has 4 rings (SSSR count). The van der Waals surface area contributed by atoms with Gasteiger partial charge < -0.3 is 5.32 Å². The Kier molecular flexibility index (Phi) is 3.36. The Labute approximate surface area is 140 Å². The quantitative estimate of drug-likeness (QED) is 0.675. The molecule has 1 aliphatic rings. The van der Waals surface area contributed by atoms with Gasteiger partial charge >= 0.3 is 0 Å². The van der Waals surface area contributed by atoms with Crippen molar-refractivity contribution in [3.8, 4) is 11.1 Å². The largest absolute Gasteiger partial charge is 0.340 e. The van der Waals surface area contributed by atoms with Crippen LogP contribution >= 0.6 is 27.3 Å². The van der Waals surface area contributed by atoms with E-state index in [0.29, 0.717) is 4.88 Å². The number of carbonyl (C=O) groups is 1. The Morgan fingerprint density at radius 2 is 1.55 bits per heavy atom. The lowest BCUT2D eigenvalue weighted by atomic mass is 10.1. The summed E-state index contributed by atoms with van der Waals surface area (Å²) in [6.45, 7) is 0. The minimum atomic E-state index is -0.0890. The Balaban J connectivity index is 1.76. The third-order valence-corrected chi connectivity index (χ3v) is 5.77. The Morgan fingerprint density at radius 3 is 2.09 bits per heavy atom. The van der Waals surface area contributed by atoms with E-state index in [4.69, 9.17) is 0 Å². The molecule has 0 radical (unpaired) electrons. The first kappa shape index (κ1) is 13.7. The molecule has 0 unspecified atom stereocenters. The zero-order valence-corrected chi connectivity index (χ0v) is 13.9. The number of hydrogen-bond acceptors (Lipinski definition) is 2. The van der Waals surface area contributed by atoms with Gasteiger partial charge in [-0.25, -0.2) is 0 Å². The van der Waals surface area contributed by atoms with E-state index in [1.807, 2.05) is 35.7 Å². The third-order valence-electron chi connectivity index (χ3n) is 3.93. The maximum atomic E-state index is 12.6. The molecule has 2 nitrogen and oxygen atoms in total. The van der Waals surface area contributed by atoms with E-state index in [0.717, 1.165) is 15.6 Å². The lowest BCUT2D eigenvalue weighted by Gasteiger charge is -2.15. The van der Waals surface area contributed by atoms with Gasteiger partial charge in [0.15, 0.2) is 0 Å². The van der Waals surface area contributed by atoms with Crippen molar-refractivity contribution in [2.75, 3.05) is 0 Å². The van der Waals surface area contributed by atoms with Gasteiger partial charge in [0.2, 0.25) is 0 Å². The van der Waals surface area contributed by atoms with Gasteiger partial charge in [0.05, 0.1) is 6.04 Å². The highest BCUT2D eigenvalue weighted by atomic mass is 79.9. The standard InChI is InChI=1S/C18H12BrNOS/c19-15-9-10-22-17(15)18(21)20-16-13-7-3-1-5-11(13)12-6-2-4-8-14(12)16/h1-10,16H,(H,20,21). The summed E-state index contributed by atoms with van der Waals surface area (Å²) in [5.41, 5.74) is 4.72. The molecule has 2 aromatic carbocycles. The summed E-state index contributed by atoms with van der Waals surface area (Å²) in [6, 6.07) is 18.3. The molecular formula is C18H12BrNOS. The van der Waals surface area contributed by atoms with Crippen molar-refractivity contribution in [1.82, 2.24) is 5.32 Å². The van der Waals surface area contributed by atoms with Gasteiger partial charge in [-0.15, -0.1) is 11.3 Å². The zero-order valence-electron chi connectivity index (χ0n) is 11.5. The third kappa shape index (κ3) is 2.11. The van der Waals surface area contributed by atoms with Crippen LogP contribution in [0.2, 0.25) is 0 Å². The lowest BCUT2D eigenvalue weighted by Crippen LogP contribution is -2.27. The van der Waals surface area contributed by atoms with E-state index < -0.39 is 0 Å². The van der Waals surface area contributed by atoms with Crippen LogP contribution in [0.1, 0.15) is 26.8 Å². The van der Waals surface area contributed by atoms with Crippen LogP contribution in [0, 0.1) is 0 Å². The van der Waals surface area contributed by atoms with Crippen molar-refractivity contribution in [1.29, 1.82) is 0 Å². The number of hydrogen-bond donors (Lipinski definition) is 1. The minimum Gasteiger partial charge on any atom is -0.340 e. The molecule has 0 aliphatic heterocycles. The van der Waals surface area contributed by atoms with Gasteiger partial charge in [0.25, 0.3) is 5.91 Å². The number of benzene rings is 2. The Bertz CT molecular complexity index is 825. The molecule has 1 heterocycles. The van der Waals surface area contributed by atoms with E-state index in [9.17, 15) is 4.79 Å². The smallest absolute Gasteiger partial charge is 0.263 e. The van der Waals surface area contributed by atoms with Crippen LogP contribution in [0.25, 0.3) is 11.1 Å². The van der Waals surface area contributed by atoms with Gasteiger partial charge in [-0.05, 0) is 49.6 Å². The molecule has 108 valence electrons. The second-order valence-electron chi connectivity index (χ2n) is 5.18. The van der Waals surface area contributed by atoms with E-state index in [2.05, 4.69) is 45.5 Å². The molecule has 3 aromatic rings. The molecule has 1 N–H and O–H groups in total. The first-order valence-electron chi connectivity index (χ1n) is 6.98. The first-order chi connectivity index (χ1) is 10.8. The molecule has 1 aliphatic carbocycles. The summed E-state index contributed by atoms with van der Waals surface area (Å²) in [5.74, 6) is -0.0432. The molecule has 0 saturated carbocycles. The van der Waals surface area contributed by atoms with E-state index in [1.54, 1.807) is 0 Å². The fraction of sp³-hybridized carbons (Fsp3) is 0.0556. The van der Waals surface area contributed by atoms with Crippen molar-refractivity contribution < 1.29 is 4.79 Å². The SMILES string of the molecule is O=C(NC1c2ccccc2-c2ccccc21)c1sccc1Br. The highest BCUT2D eigenvalue weighted by Gasteiger charge is 2.29. The summed E-state index contributed by atoms with van der Waals surface area (Å²) in [5, 5.41) is 5.09. The first-order valence-corrected chi connectivity index (χ1v) is 8.65. The predicted octanol–water partition coefficient (Wildman–Crippen LogP) is 5.01. The molecular weight excluding hydrogens is 358 g/mol. The molecule has 22 heavy (non-hydrogen) atoms. The number of amides is 1. The Morgan fingerprint density at radius 1 is 0.955 bits per heavy atom. The van der Waals surface area contributed by atoms with Crippen molar-refractivity contribution >= 4 is 33.2 Å². The number of halogens is 1. The molecule has 0 bridgehead atoms. The van der Waals surface area contributed by atoms with Crippen molar-refractivity contribution in [3.63, 3.8) is 0 Å². The van der Waals surface area contributed by atoms with E-state index in [-0.39, 0.29) is 11.9 Å². The highest BCUT2D eigenvalue weighted by molar-refractivity contribution is 9.10. The maximum absolute atomic E-state index is 12.6. The summed E-state index contributed by atoms with van der Waals surface area (Å²) < 4.78 is 0.842. The van der Waals surface area contributed by atoms with Crippen LogP contribution in [0.4, 0.5) is 0 Å². The van der Waals surface area contributed by atoms with Crippen LogP contribution in [0.5, 0.6) is 0 Å². The van der Waals surface area contributed by atoms with Crippen LogP contribution in [0.3, 0.4) is 0 Å². The number of thiophene rings is 1. The van der Waals surface area contributed by atoms with E-state index >= 15 is 0 Å². The van der Waals surface area contributed by atoms with Gasteiger partial charge in [-0.2, -0.15) is 0 Å². The monoisotopic (exact) mass is 369 g/mol. The number of nitrogens with one attached hydrogen (secondary N) is 1. The average molecular weight is 370 g/mol. The number of carbonyl (C=O) groups excluding carboxylic acids is 1. The fourth-order valence-corrected chi connectivity index (χ4v) is 4.42. The summed E-state index contributed by atoms with van der Waals surface area (Å²) in [6.07, 6.45) is 0. The van der Waals surface area contributed by atoms with Crippen LogP contribution < -0.4 is 5.32 Å². The van der Waals surface area contributed by atoms with Crippen LogP contribution in [-0.4, -0.2) is 5.91 Å². The van der Waals surface area contributed by atoms with Gasteiger partial charge in [-0.3, -0.25) is 4.79 Å². The second-order valence-corrected chi connectivity index (χ2v) is 6.95. The molecule has 1 amide bonds. The summed E-state index contributed by atoms with van der Waals surface area (Å²) in [4.78, 5) is 13.3. The summed E-state index contributed by atoms with van der Waals surface area (Å²) in [7, 11) is 0. The fourth-order valence-electron chi connectivity index (χ4n) is 2.96. The topological polar surface area (TPSA) is 29.1 Å². The lowest BCUT2D eigenvalue weighted by molar-refractivity contribution is 0.0947. The molecule has 0 spiro atoms. The number of rotatable bonds is 2. The molecule has 0 saturated heterocycles. The predicted molar refractivity (Wildman–Crippen MR) is 93.2 cm³/mol. The average Bonchev–Trinajstić information content (AvgIpc) is 3.11. The maximum Gasteiger partial charge on any atom is 0.263 e. The van der Waals surface area contributed by atoms with Crippen molar-refractivity contribution in [3.05, 3.63) is 80.5 Å². The van der Waals surface area contributed by atoms with Crippen LogP contribution in [-0.2, 0) is 0 Å². The van der Waals surface area contributed by atoms with Crippen LogP contribution in [0.15, 0.2) is 64.5 Å². The van der Waals surface area contributed by atoms with E-state index in [1.165, 1.54) is 22.5 Å². The van der Waals surface area contributed by atoms with Gasteiger partial charge in [-0.1, -0.05) is 48.5 Å². The highest BCUT2D eigenvalue weighted by Crippen LogP contribution is 2.43. The summed E-state index contributed by atoms with van der Waals surface area (Å²) >= 11 is 4.87. The van der Waals surface area contributed by atoms with Crippen molar-refractivity contribution in [2.24, 2.45) is 0 Å². The van der Waals surface area contributed by atoms with Gasteiger partial charge in [0.1, 0.15) is 4.88 Å². The Hall–Kier alpha value is -1.91. The van der Waals surface area contributed by atoms with Gasteiger partial charge in [0, 0.05) is 4.47 Å². The number of fused-ring (bicyclic) bond motifs is 3. The zero-order chi connectivity index (χ0) is 15.1. The molecule has 1 aromatic heterocycles. The van der Waals surface area contributed by atoms with Crippen molar-refractivity contribution in [2.45, 2.75) is 6.04 Å². The normalized spacial score (nSPS) is 12.8. The molecule has 0 fully saturated rings.